The van der Waals surface area contributed by atoms with Gasteiger partial charge in [0.2, 0.25) is 5.91 Å². The van der Waals surface area contributed by atoms with Crippen molar-refractivity contribution in [2.75, 3.05) is 13.1 Å². The topological polar surface area (TPSA) is 100 Å². The van der Waals surface area contributed by atoms with Crippen molar-refractivity contribution in [3.05, 3.63) is 48.5 Å². The van der Waals surface area contributed by atoms with Gasteiger partial charge in [-0.15, -0.1) is 10.2 Å². The fourth-order valence-electron chi connectivity index (χ4n) is 2.89. The molecule has 1 saturated heterocycles. The van der Waals surface area contributed by atoms with Crippen LogP contribution in [0, 0.1) is 0 Å². The SMILES string of the molecule is O=C(CCn1cnnc1)N[C@@H]1CCN(C(=O)c2ccccc2)C[C@H]1O. The Kier molecular flexibility index (Phi) is 5.39. The van der Waals surface area contributed by atoms with E-state index in [4.69, 9.17) is 0 Å². The number of aliphatic hydroxyl groups is 1. The third-order valence-corrected chi connectivity index (χ3v) is 4.30. The van der Waals surface area contributed by atoms with Crippen LogP contribution >= 0.6 is 0 Å². The number of amides is 2. The molecule has 8 heteroatoms. The maximum absolute atomic E-state index is 12.4. The molecule has 2 N–H and O–H groups in total. The summed E-state index contributed by atoms with van der Waals surface area (Å²) in [7, 11) is 0. The highest BCUT2D eigenvalue weighted by Crippen LogP contribution is 2.15. The fraction of sp³-hybridized carbons (Fsp3) is 0.412. The molecule has 0 bridgehead atoms. The normalized spacial score (nSPS) is 20.3. The number of aromatic nitrogens is 3. The number of carbonyl (C=O) groups excluding carboxylic acids is 2. The number of nitrogens with zero attached hydrogens (tertiary/aromatic N) is 4. The zero-order valence-corrected chi connectivity index (χ0v) is 13.8. The van der Waals surface area contributed by atoms with Crippen LogP contribution in [0.15, 0.2) is 43.0 Å². The Bertz CT molecular complexity index is 704. The summed E-state index contributed by atoms with van der Waals surface area (Å²) < 4.78 is 1.72. The van der Waals surface area contributed by atoms with Gasteiger partial charge in [0, 0.05) is 31.6 Å². The molecule has 0 radical (unpaired) electrons. The Morgan fingerprint density at radius 2 is 1.92 bits per heavy atom. The summed E-state index contributed by atoms with van der Waals surface area (Å²) >= 11 is 0. The Morgan fingerprint density at radius 3 is 2.60 bits per heavy atom. The predicted molar refractivity (Wildman–Crippen MR) is 89.5 cm³/mol. The molecule has 25 heavy (non-hydrogen) atoms. The summed E-state index contributed by atoms with van der Waals surface area (Å²) in [4.78, 5) is 26.1. The Morgan fingerprint density at radius 1 is 1.20 bits per heavy atom. The standard InChI is InChI=1S/C17H21N5O3/c23-15-10-22(17(25)13-4-2-1-3-5-13)9-6-14(15)20-16(24)7-8-21-11-18-19-12-21/h1-5,11-12,14-15,23H,6-10H2,(H,20,24)/t14-,15-/m1/s1. The van der Waals surface area contributed by atoms with Crippen LogP contribution in [0.5, 0.6) is 0 Å². The Labute approximate surface area is 145 Å². The summed E-state index contributed by atoms with van der Waals surface area (Å²) in [6.07, 6.45) is 3.14. The number of aliphatic hydroxyl groups excluding tert-OH is 1. The van der Waals surface area contributed by atoms with Gasteiger partial charge in [0.25, 0.3) is 5.91 Å². The van der Waals surface area contributed by atoms with E-state index in [9.17, 15) is 14.7 Å². The zero-order valence-electron chi connectivity index (χ0n) is 13.8. The maximum atomic E-state index is 12.4. The van der Waals surface area contributed by atoms with E-state index in [1.54, 1.807) is 34.3 Å². The number of hydrogen-bond acceptors (Lipinski definition) is 5. The van der Waals surface area contributed by atoms with E-state index in [0.717, 1.165) is 0 Å². The van der Waals surface area contributed by atoms with Gasteiger partial charge in [0.05, 0.1) is 12.1 Å². The van der Waals surface area contributed by atoms with Crippen molar-refractivity contribution in [1.82, 2.24) is 25.0 Å². The number of rotatable bonds is 5. The van der Waals surface area contributed by atoms with Gasteiger partial charge in [-0.05, 0) is 18.6 Å². The number of aryl methyl sites for hydroxylation is 1. The highest BCUT2D eigenvalue weighted by Gasteiger charge is 2.31. The molecule has 2 amide bonds. The molecule has 0 aliphatic carbocycles. The number of benzene rings is 1. The monoisotopic (exact) mass is 343 g/mol. The van der Waals surface area contributed by atoms with Crippen molar-refractivity contribution in [1.29, 1.82) is 0 Å². The maximum Gasteiger partial charge on any atom is 0.253 e. The number of carbonyl (C=O) groups is 2. The van der Waals surface area contributed by atoms with E-state index in [2.05, 4.69) is 15.5 Å². The summed E-state index contributed by atoms with van der Waals surface area (Å²) in [5.41, 5.74) is 0.603. The minimum Gasteiger partial charge on any atom is -0.389 e. The van der Waals surface area contributed by atoms with Crippen molar-refractivity contribution < 1.29 is 14.7 Å². The van der Waals surface area contributed by atoms with Gasteiger partial charge in [-0.25, -0.2) is 0 Å². The summed E-state index contributed by atoms with van der Waals surface area (Å²) in [5, 5.41) is 20.5. The van der Waals surface area contributed by atoms with Crippen LogP contribution < -0.4 is 5.32 Å². The van der Waals surface area contributed by atoms with Crippen LogP contribution in [-0.2, 0) is 11.3 Å². The minimum atomic E-state index is -0.778. The molecule has 2 heterocycles. The van der Waals surface area contributed by atoms with Crippen LogP contribution in [0.2, 0.25) is 0 Å². The lowest BCUT2D eigenvalue weighted by atomic mass is 10.0. The van der Waals surface area contributed by atoms with Crippen LogP contribution in [-0.4, -0.2) is 61.8 Å². The lowest BCUT2D eigenvalue weighted by Crippen LogP contribution is -2.55. The van der Waals surface area contributed by atoms with E-state index >= 15 is 0 Å². The molecule has 3 rings (SSSR count). The molecule has 0 saturated carbocycles. The van der Waals surface area contributed by atoms with Gasteiger partial charge >= 0.3 is 0 Å². The lowest BCUT2D eigenvalue weighted by molar-refractivity contribution is -0.123. The second-order valence-corrected chi connectivity index (χ2v) is 6.10. The van der Waals surface area contributed by atoms with Gasteiger partial charge in [-0.2, -0.15) is 0 Å². The minimum absolute atomic E-state index is 0.1000. The third-order valence-electron chi connectivity index (χ3n) is 4.30. The van der Waals surface area contributed by atoms with Crippen molar-refractivity contribution in [3.8, 4) is 0 Å². The van der Waals surface area contributed by atoms with E-state index in [-0.39, 0.29) is 30.8 Å². The predicted octanol–water partition coefficient (Wildman–Crippen LogP) is 0.0600. The number of piperidine rings is 1. The second kappa shape index (κ2) is 7.89. The molecule has 1 aromatic heterocycles. The first-order chi connectivity index (χ1) is 12.1. The highest BCUT2D eigenvalue weighted by atomic mass is 16.3. The van der Waals surface area contributed by atoms with Gasteiger partial charge < -0.3 is 19.9 Å². The van der Waals surface area contributed by atoms with Crippen LogP contribution in [0.4, 0.5) is 0 Å². The molecule has 0 unspecified atom stereocenters. The van der Waals surface area contributed by atoms with Gasteiger partial charge in [-0.1, -0.05) is 18.2 Å². The molecule has 1 aromatic carbocycles. The molecule has 1 fully saturated rings. The van der Waals surface area contributed by atoms with Crippen molar-refractivity contribution in [2.45, 2.75) is 31.5 Å². The average Bonchev–Trinajstić information content (AvgIpc) is 3.15. The van der Waals surface area contributed by atoms with Gasteiger partial charge in [0.1, 0.15) is 12.7 Å². The van der Waals surface area contributed by atoms with Gasteiger partial charge in [0.15, 0.2) is 0 Å². The Hall–Kier alpha value is -2.74. The third kappa shape index (κ3) is 4.42. The van der Waals surface area contributed by atoms with Crippen LogP contribution in [0.3, 0.4) is 0 Å². The highest BCUT2D eigenvalue weighted by molar-refractivity contribution is 5.94. The summed E-state index contributed by atoms with van der Waals surface area (Å²) in [5.74, 6) is -0.238. The molecule has 1 aliphatic rings. The summed E-state index contributed by atoms with van der Waals surface area (Å²) in [6, 6.07) is 8.65. The molecule has 1 aliphatic heterocycles. The zero-order chi connectivity index (χ0) is 17.6. The van der Waals surface area contributed by atoms with Crippen LogP contribution in [0.1, 0.15) is 23.2 Å². The molecule has 2 atom stereocenters. The van der Waals surface area contributed by atoms with E-state index in [1.807, 2.05) is 18.2 Å². The quantitative estimate of drug-likeness (QED) is 0.800. The molecular formula is C17H21N5O3. The molecule has 8 nitrogen and oxygen atoms in total. The van der Waals surface area contributed by atoms with Crippen molar-refractivity contribution in [2.24, 2.45) is 0 Å². The van der Waals surface area contributed by atoms with Crippen molar-refractivity contribution >= 4 is 11.8 Å². The molecule has 132 valence electrons. The first kappa shape index (κ1) is 17.1. The number of likely N-dealkylation sites (tertiary alicyclic amines) is 1. The van der Waals surface area contributed by atoms with Gasteiger partial charge in [-0.3, -0.25) is 9.59 Å². The molecule has 2 aromatic rings. The molecular weight excluding hydrogens is 322 g/mol. The fourth-order valence-corrected chi connectivity index (χ4v) is 2.89. The second-order valence-electron chi connectivity index (χ2n) is 6.10. The smallest absolute Gasteiger partial charge is 0.253 e. The lowest BCUT2D eigenvalue weighted by Gasteiger charge is -2.36. The van der Waals surface area contributed by atoms with E-state index in [1.165, 1.54) is 0 Å². The number of hydrogen-bond donors (Lipinski definition) is 2. The largest absolute Gasteiger partial charge is 0.389 e. The first-order valence-corrected chi connectivity index (χ1v) is 8.27. The molecule has 0 spiro atoms. The number of β-amino-alcohol motifs (C(OH)–C–C–N with tert-alkyl or cyclic N) is 1. The summed E-state index contributed by atoms with van der Waals surface area (Å²) in [6.45, 7) is 1.20. The van der Waals surface area contributed by atoms with E-state index < -0.39 is 6.10 Å². The van der Waals surface area contributed by atoms with Crippen molar-refractivity contribution in [3.63, 3.8) is 0 Å². The Balaban J connectivity index is 1.48. The average molecular weight is 343 g/mol. The number of nitrogens with one attached hydrogen (secondary N) is 1. The van der Waals surface area contributed by atoms with E-state index in [0.29, 0.717) is 25.1 Å². The van der Waals surface area contributed by atoms with Crippen LogP contribution in [0.25, 0.3) is 0 Å². The first-order valence-electron chi connectivity index (χ1n) is 8.27.